The minimum absolute atomic E-state index is 0.0729. The quantitative estimate of drug-likeness (QED) is 0.214. The van der Waals surface area contributed by atoms with Crippen LogP contribution < -0.4 is 0 Å². The van der Waals surface area contributed by atoms with E-state index in [0.29, 0.717) is 11.9 Å². The molecule has 2 rings (SSSR count). The number of benzene rings is 1. The molecule has 0 radical (unpaired) electrons. The lowest BCUT2D eigenvalue weighted by Crippen LogP contribution is -2.12. The largest absolute Gasteiger partial charge is 0.461 e. The molecule has 0 heterocycles. The minimum Gasteiger partial charge on any atom is -0.461 e. The summed E-state index contributed by atoms with van der Waals surface area (Å²) in [5.74, 6) is 0. The Labute approximate surface area is 186 Å². The van der Waals surface area contributed by atoms with Crippen molar-refractivity contribution in [2.75, 3.05) is 0 Å². The van der Waals surface area contributed by atoms with Gasteiger partial charge in [-0.2, -0.15) is 0 Å². The van der Waals surface area contributed by atoms with Gasteiger partial charge < -0.3 is 4.74 Å². The summed E-state index contributed by atoms with van der Waals surface area (Å²) >= 11 is 0. The van der Waals surface area contributed by atoms with E-state index in [0.717, 1.165) is 19.3 Å². The second-order valence-corrected chi connectivity index (χ2v) is 11.0. The molecular formula is C28H46O2. The third-order valence-electron chi connectivity index (χ3n) is 6.82. The van der Waals surface area contributed by atoms with Crippen molar-refractivity contribution in [3.63, 3.8) is 0 Å². The maximum absolute atomic E-state index is 10.6. The number of carbonyl (C=O) groups excluding carboxylic acids is 1. The average Bonchev–Trinajstić information content (AvgIpc) is 3.43. The summed E-state index contributed by atoms with van der Waals surface area (Å²) in [6.07, 6.45) is 17.3. The van der Waals surface area contributed by atoms with Crippen LogP contribution in [-0.2, 0) is 22.4 Å². The summed E-state index contributed by atoms with van der Waals surface area (Å²) in [6, 6.07) is 4.81. The molecule has 1 aromatic carbocycles. The van der Waals surface area contributed by atoms with Gasteiger partial charge in [-0.1, -0.05) is 70.6 Å². The second-order valence-electron chi connectivity index (χ2n) is 11.0. The highest BCUT2D eigenvalue weighted by Gasteiger charge is 2.44. The Balaban J connectivity index is 1.67. The predicted octanol–water partition coefficient (Wildman–Crippen LogP) is 8.04. The van der Waals surface area contributed by atoms with Crippen molar-refractivity contribution in [2.45, 2.75) is 130 Å². The Morgan fingerprint density at radius 3 is 1.90 bits per heavy atom. The third kappa shape index (κ3) is 9.23. The Morgan fingerprint density at radius 1 is 0.867 bits per heavy atom. The molecular weight excluding hydrogens is 368 g/mol. The van der Waals surface area contributed by atoms with Crippen LogP contribution in [0.3, 0.4) is 0 Å². The molecule has 30 heavy (non-hydrogen) atoms. The maximum Gasteiger partial charge on any atom is 0.293 e. The van der Waals surface area contributed by atoms with Gasteiger partial charge in [-0.25, -0.2) is 0 Å². The first-order valence-electron chi connectivity index (χ1n) is 12.5. The summed E-state index contributed by atoms with van der Waals surface area (Å²) in [5, 5.41) is 0. The monoisotopic (exact) mass is 414 g/mol. The molecule has 0 aliphatic heterocycles. The number of carbonyl (C=O) groups is 1. The summed E-state index contributed by atoms with van der Waals surface area (Å²) in [7, 11) is 0. The normalized spacial score (nSPS) is 15.2. The highest BCUT2D eigenvalue weighted by molar-refractivity contribution is 5.39. The first-order chi connectivity index (χ1) is 14.2. The van der Waals surface area contributed by atoms with E-state index >= 15 is 0 Å². The highest BCUT2D eigenvalue weighted by Crippen LogP contribution is 2.43. The predicted molar refractivity (Wildman–Crippen MR) is 128 cm³/mol. The van der Waals surface area contributed by atoms with E-state index in [4.69, 9.17) is 4.74 Å². The van der Waals surface area contributed by atoms with Crippen LogP contribution in [0.4, 0.5) is 0 Å². The molecule has 1 aromatic rings. The van der Waals surface area contributed by atoms with Crippen molar-refractivity contribution in [3.05, 3.63) is 34.4 Å². The molecule has 0 aromatic heterocycles. The van der Waals surface area contributed by atoms with Crippen LogP contribution in [0.2, 0.25) is 0 Å². The molecule has 0 saturated heterocycles. The van der Waals surface area contributed by atoms with Gasteiger partial charge in [0.2, 0.25) is 0 Å². The van der Waals surface area contributed by atoms with E-state index in [9.17, 15) is 4.79 Å². The van der Waals surface area contributed by atoms with Gasteiger partial charge in [0.15, 0.2) is 0 Å². The molecule has 0 atom stereocenters. The number of ether oxygens (including phenoxy) is 1. The summed E-state index contributed by atoms with van der Waals surface area (Å²) in [4.78, 5) is 10.6. The number of hydrogen-bond donors (Lipinski definition) is 0. The van der Waals surface area contributed by atoms with Crippen LogP contribution in [0.1, 0.15) is 120 Å². The second kappa shape index (κ2) is 11.9. The zero-order chi connectivity index (χ0) is 22.0. The van der Waals surface area contributed by atoms with E-state index in [-0.39, 0.29) is 5.60 Å². The van der Waals surface area contributed by atoms with Gasteiger partial charge in [0.25, 0.3) is 6.47 Å². The molecule has 0 amide bonds. The van der Waals surface area contributed by atoms with Crippen molar-refractivity contribution < 1.29 is 9.53 Å². The molecule has 0 N–H and O–H groups in total. The minimum atomic E-state index is -0.0729. The third-order valence-corrected chi connectivity index (χ3v) is 6.82. The first kappa shape index (κ1) is 25.0. The molecule has 1 fully saturated rings. The van der Waals surface area contributed by atoms with Crippen molar-refractivity contribution in [1.82, 2.24) is 0 Å². The van der Waals surface area contributed by atoms with Crippen molar-refractivity contribution in [2.24, 2.45) is 5.41 Å². The van der Waals surface area contributed by atoms with Gasteiger partial charge in [0.05, 0.1) is 0 Å². The van der Waals surface area contributed by atoms with Gasteiger partial charge >= 0.3 is 0 Å². The van der Waals surface area contributed by atoms with Gasteiger partial charge in [0, 0.05) is 0 Å². The number of hydrogen-bond acceptors (Lipinski definition) is 2. The van der Waals surface area contributed by atoms with Crippen LogP contribution in [-0.4, -0.2) is 12.1 Å². The molecule has 0 bridgehead atoms. The summed E-state index contributed by atoms with van der Waals surface area (Å²) in [6.45, 7) is 12.2. The smallest absolute Gasteiger partial charge is 0.293 e. The fourth-order valence-electron chi connectivity index (χ4n) is 4.64. The Bertz CT molecular complexity index is 649. The van der Waals surface area contributed by atoms with E-state index in [1.807, 2.05) is 0 Å². The SMILES string of the molecule is Cc1cc(CCCCCCC(C)(C)C)c(C)c(CCCCCCC2(OC=O)CC2)c1. The lowest BCUT2D eigenvalue weighted by molar-refractivity contribution is -0.135. The zero-order valence-electron chi connectivity index (χ0n) is 20.4. The van der Waals surface area contributed by atoms with Crippen LogP contribution in [0.5, 0.6) is 0 Å². The molecule has 0 spiro atoms. The lowest BCUT2D eigenvalue weighted by Gasteiger charge is -2.17. The number of rotatable bonds is 15. The van der Waals surface area contributed by atoms with Gasteiger partial charge in [-0.15, -0.1) is 0 Å². The summed E-state index contributed by atoms with van der Waals surface area (Å²) < 4.78 is 5.25. The van der Waals surface area contributed by atoms with Gasteiger partial charge in [-0.3, -0.25) is 4.79 Å². The van der Waals surface area contributed by atoms with Crippen molar-refractivity contribution in [1.29, 1.82) is 0 Å². The number of unbranched alkanes of at least 4 members (excludes halogenated alkanes) is 6. The molecule has 170 valence electrons. The lowest BCUT2D eigenvalue weighted by atomic mass is 9.89. The maximum atomic E-state index is 10.6. The Hall–Kier alpha value is -1.31. The fraction of sp³-hybridized carbons (Fsp3) is 0.750. The van der Waals surface area contributed by atoms with Crippen molar-refractivity contribution >= 4 is 6.47 Å². The highest BCUT2D eigenvalue weighted by atomic mass is 16.5. The average molecular weight is 415 g/mol. The zero-order valence-corrected chi connectivity index (χ0v) is 20.4. The molecule has 2 heteroatoms. The van der Waals surface area contributed by atoms with Crippen LogP contribution >= 0.6 is 0 Å². The fourth-order valence-corrected chi connectivity index (χ4v) is 4.64. The van der Waals surface area contributed by atoms with Crippen LogP contribution in [0, 0.1) is 19.3 Å². The molecule has 0 unspecified atom stereocenters. The topological polar surface area (TPSA) is 26.3 Å². The van der Waals surface area contributed by atoms with E-state index in [1.165, 1.54) is 81.8 Å². The van der Waals surface area contributed by atoms with E-state index in [1.54, 1.807) is 11.1 Å². The molecule has 2 nitrogen and oxygen atoms in total. The number of aryl methyl sites for hydroxylation is 3. The van der Waals surface area contributed by atoms with Gasteiger partial charge in [-0.05, 0) is 93.7 Å². The molecule has 1 aliphatic rings. The Kier molecular flexibility index (Phi) is 9.91. The van der Waals surface area contributed by atoms with Crippen LogP contribution in [0.15, 0.2) is 12.1 Å². The standard InChI is InChI=1S/C28H46O2/c1-23-20-25(14-10-6-8-12-16-27(3,4)5)24(2)26(21-23)15-11-7-9-13-17-28(18-19-28)30-22-29/h20-22H,6-19H2,1-5H3. The van der Waals surface area contributed by atoms with E-state index in [2.05, 4.69) is 46.8 Å². The summed E-state index contributed by atoms with van der Waals surface area (Å²) in [5.41, 5.74) is 6.48. The van der Waals surface area contributed by atoms with Crippen molar-refractivity contribution in [3.8, 4) is 0 Å². The molecule has 1 saturated carbocycles. The Morgan fingerprint density at radius 2 is 1.40 bits per heavy atom. The first-order valence-corrected chi connectivity index (χ1v) is 12.5. The van der Waals surface area contributed by atoms with E-state index < -0.39 is 0 Å². The molecule has 1 aliphatic carbocycles. The van der Waals surface area contributed by atoms with Crippen LogP contribution in [0.25, 0.3) is 0 Å². The van der Waals surface area contributed by atoms with Gasteiger partial charge in [0.1, 0.15) is 5.60 Å².